The largest absolute Gasteiger partial charge is 0.445 e. The molecule has 1 aliphatic heterocycles. The van der Waals surface area contributed by atoms with Crippen LogP contribution in [0.15, 0.2) is 48.5 Å². The van der Waals surface area contributed by atoms with Crippen LogP contribution in [0.4, 0.5) is 20.6 Å². The molecule has 2 amide bonds. The Morgan fingerprint density at radius 1 is 1.17 bits per heavy atom. The first-order chi connectivity index (χ1) is 16.6. The second-order valence-electron chi connectivity index (χ2n) is 9.19. The Hall–Kier alpha value is -2.98. The minimum Gasteiger partial charge on any atom is -0.445 e. The van der Waals surface area contributed by atoms with Gasteiger partial charge in [-0.15, -0.1) is 0 Å². The van der Waals surface area contributed by atoms with Gasteiger partial charge in [-0.25, -0.2) is 13.4 Å². The smallest absolute Gasteiger partial charge is 0.410 e. The fourth-order valence-corrected chi connectivity index (χ4v) is 4.21. The van der Waals surface area contributed by atoms with Crippen molar-refractivity contribution >= 4 is 34.4 Å². The lowest BCUT2D eigenvalue weighted by Gasteiger charge is -2.23. The Labute approximate surface area is 207 Å². The maximum absolute atomic E-state index is 14.5. The minimum atomic E-state index is -1.43. The zero-order valence-corrected chi connectivity index (χ0v) is 21.2. The van der Waals surface area contributed by atoms with E-state index >= 15 is 0 Å². The molecule has 10 heteroatoms. The van der Waals surface area contributed by atoms with Crippen molar-refractivity contribution in [3.8, 4) is 0 Å². The molecule has 35 heavy (non-hydrogen) atoms. The molecule has 0 aliphatic carbocycles. The van der Waals surface area contributed by atoms with Crippen LogP contribution in [0.3, 0.4) is 0 Å². The fraction of sp³-hybridized carbons (Fsp3) is 0.440. The van der Waals surface area contributed by atoms with Crippen molar-refractivity contribution in [2.45, 2.75) is 57.6 Å². The van der Waals surface area contributed by atoms with Crippen LogP contribution in [0, 0.1) is 5.82 Å². The highest BCUT2D eigenvalue weighted by Crippen LogP contribution is 2.26. The average molecular weight is 506 g/mol. The van der Waals surface area contributed by atoms with Crippen molar-refractivity contribution in [1.29, 1.82) is 0 Å². The summed E-state index contributed by atoms with van der Waals surface area (Å²) in [7, 11) is -1.43. The molecule has 190 valence electrons. The molecular weight excluding hydrogens is 473 g/mol. The molecule has 1 aliphatic rings. The Bertz CT molecular complexity index is 1060. The first kappa shape index (κ1) is 26.6. The predicted octanol–water partition coefficient (Wildman–Crippen LogP) is 4.45. The molecule has 2 aromatic carbocycles. The Kier molecular flexibility index (Phi) is 8.85. The number of amides is 2. The van der Waals surface area contributed by atoms with Crippen LogP contribution in [0.25, 0.3) is 0 Å². The van der Waals surface area contributed by atoms with Gasteiger partial charge in [0, 0.05) is 18.7 Å². The van der Waals surface area contributed by atoms with Crippen molar-refractivity contribution in [3.05, 3.63) is 59.9 Å². The molecule has 1 heterocycles. The summed E-state index contributed by atoms with van der Waals surface area (Å²) in [6.45, 7) is 7.94. The van der Waals surface area contributed by atoms with Crippen molar-refractivity contribution in [2.75, 3.05) is 23.2 Å². The van der Waals surface area contributed by atoms with E-state index in [0.717, 1.165) is 5.56 Å². The zero-order chi connectivity index (χ0) is 25.6. The van der Waals surface area contributed by atoms with E-state index in [1.54, 1.807) is 0 Å². The molecule has 0 aromatic heterocycles. The number of ether oxygens (including phenoxy) is 2. The Balaban J connectivity index is 1.72. The van der Waals surface area contributed by atoms with E-state index in [2.05, 4.69) is 10.0 Å². The van der Waals surface area contributed by atoms with Gasteiger partial charge in [0.05, 0.1) is 23.1 Å². The third-order valence-corrected chi connectivity index (χ3v) is 6.93. The van der Waals surface area contributed by atoms with E-state index in [1.807, 2.05) is 58.0 Å². The standard InChI is InChI=1S/C25H32FN3O5S/c1-5-33-19-14-22(29(15-19)24(31)34-16-17-9-7-6-8-10-17)23(30)27-21-13-18(11-12-20(21)26)28-35(32)25(2,3)4/h6-13,19,22,28H,5,14-16H2,1-4H3,(H,27,30)/t19-,22-,35?/m1/s1. The molecule has 1 unspecified atom stereocenters. The molecule has 0 radical (unpaired) electrons. The van der Waals surface area contributed by atoms with Crippen LogP contribution in [0.5, 0.6) is 0 Å². The summed E-state index contributed by atoms with van der Waals surface area (Å²) in [5.74, 6) is -1.21. The van der Waals surface area contributed by atoms with Crippen molar-refractivity contribution in [1.82, 2.24) is 4.90 Å². The van der Waals surface area contributed by atoms with E-state index in [9.17, 15) is 18.2 Å². The van der Waals surface area contributed by atoms with Crippen molar-refractivity contribution < 1.29 is 27.7 Å². The number of likely N-dealkylation sites (tertiary alicyclic amines) is 1. The van der Waals surface area contributed by atoms with Gasteiger partial charge in [0.2, 0.25) is 5.91 Å². The van der Waals surface area contributed by atoms with Crippen LogP contribution in [0.2, 0.25) is 0 Å². The summed E-state index contributed by atoms with van der Waals surface area (Å²) in [5, 5.41) is 2.57. The average Bonchev–Trinajstić information content (AvgIpc) is 3.24. The Morgan fingerprint density at radius 3 is 2.54 bits per heavy atom. The quantitative estimate of drug-likeness (QED) is 0.552. The number of nitrogens with zero attached hydrogens (tertiary/aromatic N) is 1. The van der Waals surface area contributed by atoms with Crippen LogP contribution in [-0.2, 0) is 31.9 Å². The number of rotatable bonds is 8. The second kappa shape index (κ2) is 11.6. The highest BCUT2D eigenvalue weighted by Gasteiger charge is 2.41. The third-order valence-electron chi connectivity index (χ3n) is 5.40. The normalized spacial score (nSPS) is 18.7. The second-order valence-corrected chi connectivity index (χ2v) is 11.2. The monoisotopic (exact) mass is 505 g/mol. The molecule has 3 rings (SSSR count). The lowest BCUT2D eigenvalue weighted by molar-refractivity contribution is -0.120. The van der Waals surface area contributed by atoms with Gasteiger partial charge >= 0.3 is 6.09 Å². The molecule has 8 nitrogen and oxygen atoms in total. The van der Waals surface area contributed by atoms with Crippen LogP contribution < -0.4 is 10.0 Å². The van der Waals surface area contributed by atoms with Gasteiger partial charge in [-0.05, 0) is 51.5 Å². The summed E-state index contributed by atoms with van der Waals surface area (Å²) in [5.41, 5.74) is 1.14. The number of carbonyl (C=O) groups excluding carboxylic acids is 2. The van der Waals surface area contributed by atoms with E-state index in [1.165, 1.54) is 23.1 Å². The van der Waals surface area contributed by atoms with Gasteiger partial charge in [-0.1, -0.05) is 30.3 Å². The summed E-state index contributed by atoms with van der Waals surface area (Å²) in [4.78, 5) is 27.3. The van der Waals surface area contributed by atoms with E-state index in [-0.39, 0.29) is 31.4 Å². The number of hydrogen-bond donors (Lipinski definition) is 2. The molecule has 1 fully saturated rings. The summed E-state index contributed by atoms with van der Waals surface area (Å²) in [6.07, 6.45) is -0.729. The molecular formula is C25H32FN3O5S. The highest BCUT2D eigenvalue weighted by molar-refractivity contribution is 7.87. The number of nitrogens with one attached hydrogen (secondary N) is 2. The van der Waals surface area contributed by atoms with Crippen LogP contribution in [-0.4, -0.2) is 51.2 Å². The first-order valence-corrected chi connectivity index (χ1v) is 12.6. The van der Waals surface area contributed by atoms with E-state index in [0.29, 0.717) is 12.3 Å². The number of halogens is 1. The maximum atomic E-state index is 14.5. The molecule has 2 N–H and O–H groups in total. The van der Waals surface area contributed by atoms with Gasteiger partial charge in [-0.3, -0.25) is 9.69 Å². The molecule has 0 saturated carbocycles. The number of hydrogen-bond acceptors (Lipinski definition) is 5. The molecule has 1 saturated heterocycles. The predicted molar refractivity (Wildman–Crippen MR) is 134 cm³/mol. The first-order valence-electron chi connectivity index (χ1n) is 11.5. The van der Waals surface area contributed by atoms with Crippen molar-refractivity contribution in [2.24, 2.45) is 0 Å². The molecule has 2 aromatic rings. The lowest BCUT2D eigenvalue weighted by Crippen LogP contribution is -2.43. The van der Waals surface area contributed by atoms with Gasteiger partial charge in [0.1, 0.15) is 29.5 Å². The summed E-state index contributed by atoms with van der Waals surface area (Å²) >= 11 is 0. The number of anilines is 2. The van der Waals surface area contributed by atoms with Crippen LogP contribution >= 0.6 is 0 Å². The maximum Gasteiger partial charge on any atom is 0.410 e. The zero-order valence-electron chi connectivity index (χ0n) is 20.4. The number of benzene rings is 2. The van der Waals surface area contributed by atoms with Gasteiger partial charge in [0.15, 0.2) is 0 Å². The van der Waals surface area contributed by atoms with E-state index < -0.39 is 39.6 Å². The SMILES string of the molecule is CCO[C@@H]1C[C@H](C(=O)Nc2cc(NS(=O)C(C)(C)C)ccc2F)N(C(=O)OCc2ccccc2)C1. The van der Waals surface area contributed by atoms with Crippen molar-refractivity contribution in [3.63, 3.8) is 0 Å². The van der Waals surface area contributed by atoms with Gasteiger partial charge < -0.3 is 19.5 Å². The number of carbonyl (C=O) groups is 2. The molecule has 3 atom stereocenters. The fourth-order valence-electron chi connectivity index (χ4n) is 3.57. The molecule has 0 bridgehead atoms. The van der Waals surface area contributed by atoms with Gasteiger partial charge in [-0.2, -0.15) is 0 Å². The lowest BCUT2D eigenvalue weighted by atomic mass is 10.1. The summed E-state index contributed by atoms with van der Waals surface area (Å²) in [6, 6.07) is 12.3. The minimum absolute atomic E-state index is 0.0665. The van der Waals surface area contributed by atoms with Gasteiger partial charge in [0.25, 0.3) is 0 Å². The third kappa shape index (κ3) is 7.25. The van der Waals surface area contributed by atoms with E-state index in [4.69, 9.17) is 9.47 Å². The topological polar surface area (TPSA) is 97.0 Å². The summed E-state index contributed by atoms with van der Waals surface area (Å²) < 4.78 is 40.3. The van der Waals surface area contributed by atoms with Crippen LogP contribution in [0.1, 0.15) is 39.7 Å². The molecule has 0 spiro atoms. The Morgan fingerprint density at radius 2 is 1.89 bits per heavy atom. The highest BCUT2D eigenvalue weighted by atomic mass is 32.2.